The highest BCUT2D eigenvalue weighted by Crippen LogP contribution is 2.33. The fourth-order valence-electron chi connectivity index (χ4n) is 2.37. The third-order valence-corrected chi connectivity index (χ3v) is 4.00. The number of hydrogen-bond donors (Lipinski definition) is 2. The molecule has 1 amide bonds. The summed E-state index contributed by atoms with van der Waals surface area (Å²) in [5, 5.41) is 10.2. The van der Waals surface area contributed by atoms with Crippen LogP contribution in [-0.4, -0.2) is 31.4 Å². The molecule has 2 N–H and O–H groups in total. The van der Waals surface area contributed by atoms with Gasteiger partial charge in [-0.05, 0) is 31.1 Å². The number of hydrogen-bond acceptors (Lipinski definition) is 2. The topological polar surface area (TPSA) is 49.3 Å². The van der Waals surface area contributed by atoms with E-state index >= 15 is 0 Å². The Bertz CT molecular complexity index is 240. The summed E-state index contributed by atoms with van der Waals surface area (Å²) >= 11 is 0. The molecule has 0 heterocycles. The molecule has 0 aromatic carbocycles. The Morgan fingerprint density at radius 3 is 2.37 bits per heavy atom. The van der Waals surface area contributed by atoms with Crippen LogP contribution >= 0.6 is 0 Å². The molecule has 1 rings (SSSR count). The van der Waals surface area contributed by atoms with Crippen molar-refractivity contribution in [2.45, 2.75) is 65.6 Å². The van der Waals surface area contributed by atoms with Crippen LogP contribution in [0.1, 0.15) is 47.0 Å². The summed E-state index contributed by atoms with van der Waals surface area (Å²) < 4.78 is 0. The second-order valence-electron chi connectivity index (χ2n) is 5.86. The van der Waals surface area contributed by atoms with E-state index in [1.165, 1.54) is 12.8 Å². The van der Waals surface area contributed by atoms with E-state index in [-0.39, 0.29) is 11.8 Å². The number of rotatable bonds is 7. The van der Waals surface area contributed by atoms with Crippen molar-refractivity contribution in [3.63, 3.8) is 0 Å². The van der Waals surface area contributed by atoms with Crippen LogP contribution in [0, 0.1) is 17.8 Å². The van der Waals surface area contributed by atoms with Gasteiger partial charge in [0.25, 0.3) is 0 Å². The summed E-state index contributed by atoms with van der Waals surface area (Å²) in [5.41, 5.74) is 0. The second kappa shape index (κ2) is 10.3. The Morgan fingerprint density at radius 1 is 1.32 bits per heavy atom. The zero-order chi connectivity index (χ0) is 14.8. The summed E-state index contributed by atoms with van der Waals surface area (Å²) in [7, 11) is 3.25. The van der Waals surface area contributed by atoms with E-state index in [2.05, 4.69) is 33.4 Å². The lowest BCUT2D eigenvalue weighted by atomic mass is 9.69. The van der Waals surface area contributed by atoms with Crippen LogP contribution in [-0.2, 0) is 4.79 Å². The molecule has 19 heavy (non-hydrogen) atoms. The molecule has 1 radical (unpaired) electrons. The van der Waals surface area contributed by atoms with Gasteiger partial charge in [-0.25, -0.2) is 0 Å². The van der Waals surface area contributed by atoms with Crippen molar-refractivity contribution in [1.82, 2.24) is 5.32 Å². The lowest BCUT2D eigenvalue weighted by Crippen LogP contribution is -2.47. The van der Waals surface area contributed by atoms with E-state index in [0.29, 0.717) is 6.04 Å². The van der Waals surface area contributed by atoms with Crippen LogP contribution in [0.4, 0.5) is 0 Å². The first-order valence-corrected chi connectivity index (χ1v) is 7.61. The van der Waals surface area contributed by atoms with Gasteiger partial charge < -0.3 is 10.4 Å². The molecule has 1 aliphatic rings. The second-order valence-corrected chi connectivity index (χ2v) is 5.86. The molecule has 3 nitrogen and oxygen atoms in total. The van der Waals surface area contributed by atoms with Crippen LogP contribution in [0.15, 0.2) is 0 Å². The van der Waals surface area contributed by atoms with E-state index in [0.717, 1.165) is 38.0 Å². The van der Waals surface area contributed by atoms with Gasteiger partial charge in [0.05, 0.1) is 0 Å². The van der Waals surface area contributed by atoms with E-state index in [9.17, 15) is 4.79 Å². The molecule has 111 valence electrons. The van der Waals surface area contributed by atoms with Crippen LogP contribution < -0.4 is 5.32 Å². The molecule has 0 aliphatic heterocycles. The molecule has 0 bridgehead atoms. The van der Waals surface area contributed by atoms with Gasteiger partial charge in [0.15, 0.2) is 0 Å². The largest absolute Gasteiger partial charge is 0.400 e. The van der Waals surface area contributed by atoms with Gasteiger partial charge in [0, 0.05) is 19.1 Å². The van der Waals surface area contributed by atoms with E-state index in [1.54, 1.807) is 0 Å². The smallest absolute Gasteiger partial charge is 0.223 e. The summed E-state index contributed by atoms with van der Waals surface area (Å²) in [6.07, 6.45) is 5.51. The van der Waals surface area contributed by atoms with Crippen molar-refractivity contribution in [3.05, 3.63) is 0 Å². The molecule has 1 atom stereocenters. The number of amides is 1. The highest BCUT2D eigenvalue weighted by Gasteiger charge is 2.32. The average Bonchev–Trinajstić information content (AvgIpc) is 2.35. The zero-order valence-electron chi connectivity index (χ0n) is 13.3. The highest BCUT2D eigenvalue weighted by molar-refractivity contribution is 6.35. The van der Waals surface area contributed by atoms with E-state index in [1.807, 2.05) is 6.92 Å². The summed E-state index contributed by atoms with van der Waals surface area (Å²) in [5.74, 6) is 2.00. The fraction of sp³-hybridized carbons (Fsp3) is 0.933. The number of aliphatic hydroxyl groups excluding tert-OH is 1. The first kappa shape index (κ1) is 18.5. The molecule has 0 aromatic rings. The Labute approximate surface area is 119 Å². The predicted molar refractivity (Wildman–Crippen MR) is 82.5 cm³/mol. The minimum absolute atomic E-state index is 0.163. The SMILES string of the molecule is CC[B]CCC(C)C(=O)NC1CC(C(C)C)C1.CO. The molecule has 0 aromatic heterocycles. The quantitative estimate of drug-likeness (QED) is 0.551. The minimum atomic E-state index is 0.163. The van der Waals surface area contributed by atoms with Crippen LogP contribution in [0.3, 0.4) is 0 Å². The molecule has 1 aliphatic carbocycles. The van der Waals surface area contributed by atoms with Gasteiger partial charge in [-0.3, -0.25) is 4.79 Å². The van der Waals surface area contributed by atoms with Gasteiger partial charge in [0.1, 0.15) is 7.28 Å². The Kier molecular flexibility index (Phi) is 10.0. The van der Waals surface area contributed by atoms with Gasteiger partial charge in [-0.15, -0.1) is 0 Å². The van der Waals surface area contributed by atoms with Crippen LogP contribution in [0.5, 0.6) is 0 Å². The monoisotopic (exact) mass is 268 g/mol. The van der Waals surface area contributed by atoms with Crippen LogP contribution in [0.2, 0.25) is 12.6 Å². The van der Waals surface area contributed by atoms with E-state index in [4.69, 9.17) is 5.11 Å². The van der Waals surface area contributed by atoms with Gasteiger partial charge in [-0.2, -0.15) is 0 Å². The normalized spacial score (nSPS) is 22.9. The maximum Gasteiger partial charge on any atom is 0.223 e. The number of nitrogens with one attached hydrogen (secondary N) is 1. The molecule has 1 fully saturated rings. The number of carbonyl (C=O) groups excluding carboxylic acids is 1. The Hall–Kier alpha value is -0.505. The van der Waals surface area contributed by atoms with Crippen molar-refractivity contribution in [1.29, 1.82) is 0 Å². The molecular weight excluding hydrogens is 237 g/mol. The van der Waals surface area contributed by atoms with Crippen molar-refractivity contribution < 1.29 is 9.90 Å². The molecule has 0 saturated heterocycles. The average molecular weight is 268 g/mol. The lowest BCUT2D eigenvalue weighted by molar-refractivity contribution is -0.126. The van der Waals surface area contributed by atoms with Gasteiger partial charge >= 0.3 is 0 Å². The lowest BCUT2D eigenvalue weighted by Gasteiger charge is -2.38. The fourth-order valence-corrected chi connectivity index (χ4v) is 2.37. The summed E-state index contributed by atoms with van der Waals surface area (Å²) in [4.78, 5) is 11.9. The Balaban J connectivity index is 0.00000154. The summed E-state index contributed by atoms with van der Waals surface area (Å²) in [6.45, 7) is 8.72. The summed E-state index contributed by atoms with van der Waals surface area (Å²) in [6, 6.07) is 0.451. The highest BCUT2D eigenvalue weighted by atomic mass is 16.2. The third kappa shape index (κ3) is 7.00. The van der Waals surface area contributed by atoms with Crippen molar-refractivity contribution >= 4 is 13.2 Å². The van der Waals surface area contributed by atoms with Gasteiger partial charge in [0.2, 0.25) is 5.91 Å². The van der Waals surface area contributed by atoms with Crippen molar-refractivity contribution in [2.24, 2.45) is 17.8 Å². The molecule has 0 spiro atoms. The van der Waals surface area contributed by atoms with Crippen molar-refractivity contribution in [3.8, 4) is 0 Å². The molecule has 1 saturated carbocycles. The first-order chi connectivity index (χ1) is 9.04. The number of aliphatic hydroxyl groups is 1. The van der Waals surface area contributed by atoms with Crippen molar-refractivity contribution in [2.75, 3.05) is 7.11 Å². The van der Waals surface area contributed by atoms with Crippen LogP contribution in [0.25, 0.3) is 0 Å². The molecular formula is C15H31BNO2. The standard InChI is InChI=1S/C14H27BNO.CH4O/c1-5-15-7-6-11(4)14(17)16-13-8-12(9-13)10(2)3;1-2/h10-13H,5-9H2,1-4H3,(H,16,17);2H,1H3. The molecule has 1 unspecified atom stereocenters. The third-order valence-electron chi connectivity index (χ3n) is 4.00. The number of carbonyl (C=O) groups is 1. The molecule has 4 heteroatoms. The Morgan fingerprint density at radius 2 is 1.89 bits per heavy atom. The van der Waals surface area contributed by atoms with Gasteiger partial charge in [-0.1, -0.05) is 40.3 Å². The predicted octanol–water partition coefficient (Wildman–Crippen LogP) is 2.73. The first-order valence-electron chi connectivity index (χ1n) is 7.61. The minimum Gasteiger partial charge on any atom is -0.400 e. The maximum atomic E-state index is 11.9. The zero-order valence-corrected chi connectivity index (χ0v) is 13.3. The van der Waals surface area contributed by atoms with E-state index < -0.39 is 0 Å². The maximum absolute atomic E-state index is 11.9.